The van der Waals surface area contributed by atoms with Gasteiger partial charge in [0.05, 0.1) is 0 Å². The van der Waals surface area contributed by atoms with Gasteiger partial charge in [0.25, 0.3) is 0 Å². The summed E-state index contributed by atoms with van der Waals surface area (Å²) in [6, 6.07) is 6.57. The average Bonchev–Trinajstić information content (AvgIpc) is 2.81. The number of rotatable bonds is 1. The van der Waals surface area contributed by atoms with Gasteiger partial charge in [0.15, 0.2) is 5.58 Å². The molecule has 0 aromatic carbocycles. The zero-order valence-electron chi connectivity index (χ0n) is 8.81. The normalized spacial score (nSPS) is 27.6. The number of furan rings is 1. The van der Waals surface area contributed by atoms with Crippen LogP contribution in [-0.4, -0.2) is 17.6 Å². The molecule has 1 fully saturated rings. The molecule has 0 unspecified atom stereocenters. The third-order valence-corrected chi connectivity index (χ3v) is 3.59. The highest BCUT2D eigenvalue weighted by atomic mass is 16.3. The van der Waals surface area contributed by atoms with Crippen molar-refractivity contribution in [1.29, 1.82) is 0 Å². The van der Waals surface area contributed by atoms with Crippen molar-refractivity contribution >= 4 is 16.7 Å². The number of fused-ring (bicyclic) bond motifs is 2. The van der Waals surface area contributed by atoms with Gasteiger partial charge in [-0.1, -0.05) is 6.08 Å². The average molecular weight is 212 g/mol. The van der Waals surface area contributed by atoms with E-state index < -0.39 is 0 Å². The summed E-state index contributed by atoms with van der Waals surface area (Å²) in [5, 5.41) is 3.43. The number of hydrogen-bond donors (Lipinski definition) is 1. The van der Waals surface area contributed by atoms with Crippen molar-refractivity contribution < 1.29 is 4.42 Å². The van der Waals surface area contributed by atoms with Gasteiger partial charge in [-0.15, -0.1) is 0 Å². The minimum Gasteiger partial charge on any atom is -0.455 e. The molecular weight excluding hydrogens is 200 g/mol. The summed E-state index contributed by atoms with van der Waals surface area (Å²) in [4.78, 5) is 4.29. The molecule has 0 bridgehead atoms. The zero-order valence-corrected chi connectivity index (χ0v) is 8.81. The number of aromatic nitrogens is 1. The van der Waals surface area contributed by atoms with Crippen molar-refractivity contribution in [1.82, 2.24) is 10.3 Å². The maximum absolute atomic E-state index is 5.82. The molecule has 0 spiro atoms. The van der Waals surface area contributed by atoms with Crippen LogP contribution in [0.1, 0.15) is 12.2 Å². The first-order chi connectivity index (χ1) is 7.90. The molecule has 1 aliphatic heterocycles. The van der Waals surface area contributed by atoms with Crippen LogP contribution in [0.15, 0.2) is 34.9 Å². The molecule has 3 heterocycles. The highest BCUT2D eigenvalue weighted by Crippen LogP contribution is 2.37. The molecule has 16 heavy (non-hydrogen) atoms. The third kappa shape index (κ3) is 1.09. The fourth-order valence-electron chi connectivity index (χ4n) is 2.59. The summed E-state index contributed by atoms with van der Waals surface area (Å²) < 4.78 is 5.82. The fourth-order valence-corrected chi connectivity index (χ4v) is 2.59. The maximum atomic E-state index is 5.82. The Bertz CT molecular complexity index is 551. The molecule has 2 aliphatic rings. The summed E-state index contributed by atoms with van der Waals surface area (Å²) >= 11 is 0. The van der Waals surface area contributed by atoms with E-state index >= 15 is 0 Å². The number of nitrogens with one attached hydrogen (secondary N) is 1. The number of hydrogen-bond acceptors (Lipinski definition) is 3. The SMILES string of the molecule is C1=C(c2cc3ncccc3o2)C[C@@H]2NC[C@H]12. The largest absolute Gasteiger partial charge is 0.455 e. The monoisotopic (exact) mass is 212 g/mol. The van der Waals surface area contributed by atoms with Crippen LogP contribution in [0.25, 0.3) is 16.7 Å². The van der Waals surface area contributed by atoms with E-state index in [-0.39, 0.29) is 0 Å². The molecule has 1 aliphatic carbocycles. The molecule has 2 aromatic heterocycles. The molecular formula is C13H12N2O. The van der Waals surface area contributed by atoms with Gasteiger partial charge in [-0.3, -0.25) is 4.98 Å². The Hall–Kier alpha value is -1.61. The Morgan fingerprint density at radius 3 is 3.12 bits per heavy atom. The fraction of sp³-hybridized carbons (Fsp3) is 0.308. The summed E-state index contributed by atoms with van der Waals surface area (Å²) in [5.41, 5.74) is 3.16. The van der Waals surface area contributed by atoms with Crippen molar-refractivity contribution in [2.24, 2.45) is 5.92 Å². The molecule has 3 heteroatoms. The highest BCUT2D eigenvalue weighted by molar-refractivity contribution is 5.79. The van der Waals surface area contributed by atoms with Crippen LogP contribution in [0, 0.1) is 5.92 Å². The van der Waals surface area contributed by atoms with Crippen LogP contribution in [0.5, 0.6) is 0 Å². The second-order valence-corrected chi connectivity index (χ2v) is 4.57. The summed E-state index contributed by atoms with van der Waals surface area (Å²) in [6.07, 6.45) is 5.24. The van der Waals surface area contributed by atoms with Gasteiger partial charge in [0, 0.05) is 30.8 Å². The number of nitrogens with zero attached hydrogens (tertiary/aromatic N) is 1. The first kappa shape index (κ1) is 8.53. The highest BCUT2D eigenvalue weighted by Gasteiger charge is 2.35. The van der Waals surface area contributed by atoms with E-state index in [0.717, 1.165) is 35.7 Å². The maximum Gasteiger partial charge on any atom is 0.153 e. The van der Waals surface area contributed by atoms with Crippen molar-refractivity contribution in [2.45, 2.75) is 12.5 Å². The van der Waals surface area contributed by atoms with Gasteiger partial charge in [-0.25, -0.2) is 0 Å². The topological polar surface area (TPSA) is 38.1 Å². The predicted molar refractivity (Wildman–Crippen MR) is 61.9 cm³/mol. The molecule has 1 saturated heterocycles. The lowest BCUT2D eigenvalue weighted by atomic mass is 9.96. The first-order valence-electron chi connectivity index (χ1n) is 5.69. The van der Waals surface area contributed by atoms with Gasteiger partial charge in [-0.05, 0) is 24.1 Å². The first-order valence-corrected chi connectivity index (χ1v) is 5.69. The molecule has 0 saturated carbocycles. The van der Waals surface area contributed by atoms with Gasteiger partial charge in [-0.2, -0.15) is 0 Å². The lowest BCUT2D eigenvalue weighted by Gasteiger charge is -2.31. The Morgan fingerprint density at radius 2 is 2.44 bits per heavy atom. The molecule has 0 radical (unpaired) electrons. The minimum absolute atomic E-state index is 0.649. The van der Waals surface area contributed by atoms with E-state index in [1.165, 1.54) is 5.57 Å². The Kier molecular flexibility index (Phi) is 1.57. The van der Waals surface area contributed by atoms with E-state index in [0.29, 0.717) is 6.04 Å². The predicted octanol–water partition coefficient (Wildman–Crippen LogP) is 2.20. The summed E-state index contributed by atoms with van der Waals surface area (Å²) in [6.45, 7) is 1.12. The molecule has 3 nitrogen and oxygen atoms in total. The molecule has 2 atom stereocenters. The van der Waals surface area contributed by atoms with E-state index in [2.05, 4.69) is 16.4 Å². The van der Waals surface area contributed by atoms with Crippen LogP contribution in [-0.2, 0) is 0 Å². The lowest BCUT2D eigenvalue weighted by Crippen LogP contribution is -2.49. The van der Waals surface area contributed by atoms with Crippen LogP contribution >= 0.6 is 0 Å². The number of pyridine rings is 1. The van der Waals surface area contributed by atoms with E-state index in [1.807, 2.05) is 18.2 Å². The smallest absolute Gasteiger partial charge is 0.153 e. The van der Waals surface area contributed by atoms with Crippen molar-refractivity contribution in [3.8, 4) is 0 Å². The van der Waals surface area contributed by atoms with Gasteiger partial charge in [0.2, 0.25) is 0 Å². The van der Waals surface area contributed by atoms with Gasteiger partial charge < -0.3 is 9.73 Å². The summed E-state index contributed by atoms with van der Waals surface area (Å²) in [5.74, 6) is 1.71. The van der Waals surface area contributed by atoms with E-state index in [4.69, 9.17) is 4.42 Å². The van der Waals surface area contributed by atoms with Crippen molar-refractivity contribution in [3.05, 3.63) is 36.2 Å². The molecule has 0 amide bonds. The quantitative estimate of drug-likeness (QED) is 0.787. The molecule has 2 aromatic rings. The van der Waals surface area contributed by atoms with E-state index in [1.54, 1.807) is 6.20 Å². The van der Waals surface area contributed by atoms with Crippen LogP contribution in [0.4, 0.5) is 0 Å². The third-order valence-electron chi connectivity index (χ3n) is 3.59. The van der Waals surface area contributed by atoms with Crippen molar-refractivity contribution in [3.63, 3.8) is 0 Å². The Morgan fingerprint density at radius 1 is 1.44 bits per heavy atom. The van der Waals surface area contributed by atoms with Crippen LogP contribution < -0.4 is 5.32 Å². The molecule has 80 valence electrons. The molecule has 4 rings (SSSR count). The minimum atomic E-state index is 0.649. The van der Waals surface area contributed by atoms with Crippen LogP contribution in [0.2, 0.25) is 0 Å². The second kappa shape index (κ2) is 2.95. The van der Waals surface area contributed by atoms with Crippen LogP contribution in [0.3, 0.4) is 0 Å². The summed E-state index contributed by atoms with van der Waals surface area (Å²) in [7, 11) is 0. The lowest BCUT2D eigenvalue weighted by molar-refractivity contribution is 0.306. The Balaban J connectivity index is 1.79. The zero-order chi connectivity index (χ0) is 10.5. The second-order valence-electron chi connectivity index (χ2n) is 4.57. The Labute approximate surface area is 93.2 Å². The molecule has 1 N–H and O–H groups in total. The van der Waals surface area contributed by atoms with E-state index in [9.17, 15) is 0 Å². The van der Waals surface area contributed by atoms with Crippen molar-refractivity contribution in [2.75, 3.05) is 6.54 Å². The van der Waals surface area contributed by atoms with Gasteiger partial charge in [0.1, 0.15) is 11.3 Å². The standard InChI is InChI=1S/C13H12N2O/c1-2-12-11(14-3-1)6-13(16-12)8-4-9-7-15-10(9)5-8/h1-4,6,9-10,15H,5,7H2/t9-,10-/m0/s1. The van der Waals surface area contributed by atoms with Gasteiger partial charge >= 0.3 is 0 Å².